The van der Waals surface area contributed by atoms with E-state index < -0.39 is 16.1 Å². The number of hydrogen-bond donors (Lipinski definition) is 1. The highest BCUT2D eigenvalue weighted by molar-refractivity contribution is 7.90. The summed E-state index contributed by atoms with van der Waals surface area (Å²) in [5.74, 6) is 0.621. The quantitative estimate of drug-likeness (QED) is 0.926. The zero-order chi connectivity index (χ0) is 16.3. The van der Waals surface area contributed by atoms with Gasteiger partial charge in [-0.1, -0.05) is 22.9 Å². The Morgan fingerprint density at radius 1 is 1.27 bits per heavy atom. The van der Waals surface area contributed by atoms with Crippen LogP contribution in [0.1, 0.15) is 17.0 Å². The molecule has 7 nitrogen and oxygen atoms in total. The Hall–Kier alpha value is -2.35. The number of nitrogens with zero attached hydrogens (tertiary/aromatic N) is 2. The van der Waals surface area contributed by atoms with Gasteiger partial charge >= 0.3 is 6.03 Å². The van der Waals surface area contributed by atoms with Crippen molar-refractivity contribution in [2.75, 3.05) is 7.05 Å². The predicted molar refractivity (Wildman–Crippen MR) is 79.6 cm³/mol. The van der Waals surface area contributed by atoms with Gasteiger partial charge in [-0.3, -0.25) is 0 Å². The highest BCUT2D eigenvalue weighted by Gasteiger charge is 2.20. The van der Waals surface area contributed by atoms with Crippen molar-refractivity contribution in [3.8, 4) is 0 Å². The molecule has 0 fully saturated rings. The van der Waals surface area contributed by atoms with Gasteiger partial charge in [0.1, 0.15) is 11.5 Å². The van der Waals surface area contributed by atoms with Gasteiger partial charge < -0.3 is 9.42 Å². The molecule has 0 unspecified atom stereocenters. The first-order chi connectivity index (χ1) is 10.3. The van der Waals surface area contributed by atoms with Gasteiger partial charge in [0.15, 0.2) is 0 Å². The monoisotopic (exact) mass is 323 g/mol. The number of aryl methyl sites for hydroxylation is 2. The lowest BCUT2D eigenvalue weighted by Crippen LogP contribution is -2.40. The van der Waals surface area contributed by atoms with Crippen LogP contribution in [0.5, 0.6) is 0 Å². The van der Waals surface area contributed by atoms with Gasteiger partial charge in [0, 0.05) is 13.1 Å². The second-order valence-electron chi connectivity index (χ2n) is 5.01. The summed E-state index contributed by atoms with van der Waals surface area (Å²) in [5, 5.41) is 3.76. The fourth-order valence-corrected chi connectivity index (χ4v) is 2.77. The van der Waals surface area contributed by atoms with Crippen LogP contribution in [0.3, 0.4) is 0 Å². The van der Waals surface area contributed by atoms with Crippen molar-refractivity contribution in [3.63, 3.8) is 0 Å². The van der Waals surface area contributed by atoms with E-state index >= 15 is 0 Å². The Kier molecular flexibility index (Phi) is 4.51. The molecule has 22 heavy (non-hydrogen) atoms. The van der Waals surface area contributed by atoms with Gasteiger partial charge in [-0.25, -0.2) is 17.9 Å². The minimum atomic E-state index is -3.89. The van der Waals surface area contributed by atoms with E-state index in [1.54, 1.807) is 25.1 Å². The minimum Gasteiger partial charge on any atom is -0.361 e. The van der Waals surface area contributed by atoms with Crippen molar-refractivity contribution < 1.29 is 17.7 Å². The number of carbonyl (C=O) groups excluding carboxylic acids is 1. The molecule has 8 heteroatoms. The number of nitrogens with one attached hydrogen (secondary N) is 1. The average molecular weight is 323 g/mol. The molecule has 1 N–H and O–H groups in total. The maximum atomic E-state index is 12.1. The van der Waals surface area contributed by atoms with E-state index in [4.69, 9.17) is 4.52 Å². The second-order valence-corrected chi connectivity index (χ2v) is 6.69. The summed E-state index contributed by atoms with van der Waals surface area (Å²) in [7, 11) is -2.42. The molecule has 2 rings (SSSR count). The summed E-state index contributed by atoms with van der Waals surface area (Å²) in [6, 6.07) is 7.18. The Balaban J connectivity index is 2.05. The maximum Gasteiger partial charge on any atom is 0.331 e. The lowest BCUT2D eigenvalue weighted by molar-refractivity contribution is 0.211. The van der Waals surface area contributed by atoms with Gasteiger partial charge in [-0.15, -0.1) is 0 Å². The Bertz CT molecular complexity index is 766. The highest BCUT2D eigenvalue weighted by Crippen LogP contribution is 2.11. The predicted octanol–water partition coefficient (Wildman–Crippen LogP) is 1.82. The van der Waals surface area contributed by atoms with Gasteiger partial charge in [0.2, 0.25) is 0 Å². The molecule has 1 aromatic heterocycles. The van der Waals surface area contributed by atoms with E-state index in [1.165, 1.54) is 24.1 Å². The summed E-state index contributed by atoms with van der Waals surface area (Å²) in [5.41, 5.74) is 1.48. The molecule has 0 aliphatic carbocycles. The molecule has 118 valence electrons. The van der Waals surface area contributed by atoms with Crippen LogP contribution in [0.4, 0.5) is 4.79 Å². The van der Waals surface area contributed by atoms with Crippen LogP contribution in [0.25, 0.3) is 0 Å². The number of urea groups is 1. The first kappa shape index (κ1) is 16.0. The number of rotatable bonds is 4. The number of aromatic nitrogens is 1. The normalized spacial score (nSPS) is 11.2. The molecule has 2 aromatic rings. The molecule has 0 saturated heterocycles. The third kappa shape index (κ3) is 3.85. The van der Waals surface area contributed by atoms with Crippen LogP contribution in [0.2, 0.25) is 0 Å². The summed E-state index contributed by atoms with van der Waals surface area (Å²) < 4.78 is 31.2. The highest BCUT2D eigenvalue weighted by atomic mass is 32.2. The molecule has 0 atom stereocenters. The molecular formula is C14H17N3O4S. The summed E-state index contributed by atoms with van der Waals surface area (Å²) in [6.45, 7) is 3.73. The third-order valence-corrected chi connectivity index (χ3v) is 4.31. The molecule has 0 spiro atoms. The maximum absolute atomic E-state index is 12.1. The van der Waals surface area contributed by atoms with Crippen LogP contribution in [0.15, 0.2) is 39.8 Å². The topological polar surface area (TPSA) is 92.5 Å². The lowest BCUT2D eigenvalue weighted by atomic mass is 10.2. The first-order valence-corrected chi connectivity index (χ1v) is 8.03. The van der Waals surface area contributed by atoms with E-state index in [0.29, 0.717) is 11.5 Å². The van der Waals surface area contributed by atoms with Gasteiger partial charge in [0.05, 0.1) is 11.4 Å². The zero-order valence-corrected chi connectivity index (χ0v) is 13.3. The SMILES string of the molecule is Cc1ccc(S(=O)(=O)NC(=O)N(C)Cc2cc(C)on2)cc1. The fourth-order valence-electron chi connectivity index (χ4n) is 1.78. The van der Waals surface area contributed by atoms with Gasteiger partial charge in [-0.2, -0.15) is 0 Å². The molecule has 0 aliphatic heterocycles. The Labute approximate surface area is 129 Å². The van der Waals surface area contributed by atoms with Crippen molar-refractivity contribution in [1.82, 2.24) is 14.8 Å². The van der Waals surface area contributed by atoms with Gasteiger partial charge in [-0.05, 0) is 26.0 Å². The van der Waals surface area contributed by atoms with Crippen LogP contribution in [-0.2, 0) is 16.6 Å². The molecule has 1 heterocycles. The van der Waals surface area contributed by atoms with E-state index in [0.717, 1.165) is 5.56 Å². The zero-order valence-electron chi connectivity index (χ0n) is 12.5. The number of hydrogen-bond acceptors (Lipinski definition) is 5. The Morgan fingerprint density at radius 3 is 2.45 bits per heavy atom. The second kappa shape index (κ2) is 6.18. The lowest BCUT2D eigenvalue weighted by Gasteiger charge is -2.16. The molecule has 0 bridgehead atoms. The largest absolute Gasteiger partial charge is 0.361 e. The van der Waals surface area contributed by atoms with E-state index in [9.17, 15) is 13.2 Å². The van der Waals surface area contributed by atoms with E-state index in [2.05, 4.69) is 5.16 Å². The summed E-state index contributed by atoms with van der Waals surface area (Å²) in [4.78, 5) is 13.2. The molecular weight excluding hydrogens is 306 g/mol. The first-order valence-electron chi connectivity index (χ1n) is 6.55. The van der Waals surface area contributed by atoms with Crippen molar-refractivity contribution >= 4 is 16.1 Å². The van der Waals surface area contributed by atoms with E-state index in [1.807, 2.05) is 11.6 Å². The average Bonchev–Trinajstić information content (AvgIpc) is 2.84. The number of benzene rings is 1. The molecule has 0 radical (unpaired) electrons. The third-order valence-electron chi connectivity index (χ3n) is 2.98. The van der Waals surface area contributed by atoms with Crippen LogP contribution in [0, 0.1) is 13.8 Å². The molecule has 0 saturated carbocycles. The molecule has 1 aromatic carbocycles. The van der Waals surface area contributed by atoms with Crippen molar-refractivity contribution in [2.24, 2.45) is 0 Å². The number of carbonyl (C=O) groups is 1. The van der Waals surface area contributed by atoms with Crippen molar-refractivity contribution in [3.05, 3.63) is 47.3 Å². The number of amides is 2. The van der Waals surface area contributed by atoms with Crippen LogP contribution < -0.4 is 4.72 Å². The van der Waals surface area contributed by atoms with Crippen molar-refractivity contribution in [1.29, 1.82) is 0 Å². The molecule has 0 aliphatic rings. The molecule has 2 amide bonds. The van der Waals surface area contributed by atoms with E-state index in [-0.39, 0.29) is 11.4 Å². The number of sulfonamides is 1. The van der Waals surface area contributed by atoms with Crippen LogP contribution in [-0.4, -0.2) is 31.6 Å². The summed E-state index contributed by atoms with van der Waals surface area (Å²) in [6.07, 6.45) is 0. The van der Waals surface area contributed by atoms with Crippen LogP contribution >= 0.6 is 0 Å². The fraction of sp³-hybridized carbons (Fsp3) is 0.286. The minimum absolute atomic E-state index is 0.0390. The Morgan fingerprint density at radius 2 is 1.91 bits per heavy atom. The van der Waals surface area contributed by atoms with Gasteiger partial charge in [0.25, 0.3) is 10.0 Å². The smallest absolute Gasteiger partial charge is 0.331 e. The summed E-state index contributed by atoms with van der Waals surface area (Å²) >= 11 is 0. The standard InChI is InChI=1S/C14H17N3O4S/c1-10-4-6-13(7-5-10)22(19,20)16-14(18)17(3)9-12-8-11(2)21-15-12/h4-8H,9H2,1-3H3,(H,16,18). The van der Waals surface area contributed by atoms with Crippen molar-refractivity contribution in [2.45, 2.75) is 25.3 Å².